The monoisotopic (exact) mass is 320 g/mol. The normalized spacial score (nSPS) is 18.1. The molecule has 0 radical (unpaired) electrons. The van der Waals surface area contributed by atoms with E-state index in [1.807, 2.05) is 0 Å². The summed E-state index contributed by atoms with van der Waals surface area (Å²) in [6.07, 6.45) is 3.73. The van der Waals surface area contributed by atoms with Crippen molar-refractivity contribution < 1.29 is 23.9 Å². The molecule has 1 heterocycles. The zero-order chi connectivity index (χ0) is 16.3. The average molecular weight is 321 g/mol. The van der Waals surface area contributed by atoms with Crippen LogP contribution < -0.4 is 4.74 Å². The fraction of sp³-hybridized carbons (Fsp3) is 0.188. The lowest BCUT2D eigenvalue weighted by Gasteiger charge is -2.15. The lowest BCUT2D eigenvalue weighted by atomic mass is 9.96. The zero-order valence-corrected chi connectivity index (χ0v) is 12.7. The number of methoxy groups -OCH3 is 1. The molecule has 0 unspecified atom stereocenters. The van der Waals surface area contributed by atoms with Crippen molar-refractivity contribution in [3.05, 3.63) is 46.7 Å². The van der Waals surface area contributed by atoms with Crippen molar-refractivity contribution in [2.75, 3.05) is 7.11 Å². The number of ketones is 2. The van der Waals surface area contributed by atoms with Gasteiger partial charge in [0, 0.05) is 16.7 Å². The molecule has 0 bridgehead atoms. The van der Waals surface area contributed by atoms with Gasteiger partial charge in [-0.15, -0.1) is 0 Å². The van der Waals surface area contributed by atoms with Gasteiger partial charge in [-0.25, -0.2) is 0 Å². The maximum atomic E-state index is 12.1. The van der Waals surface area contributed by atoms with Crippen LogP contribution in [0.2, 0.25) is 5.02 Å². The average Bonchev–Trinajstić information content (AvgIpc) is 2.44. The molecule has 1 atom stereocenters. The van der Waals surface area contributed by atoms with Crippen LogP contribution in [0.1, 0.15) is 12.5 Å². The first-order valence-electron chi connectivity index (χ1n) is 6.41. The van der Waals surface area contributed by atoms with Crippen LogP contribution in [0.4, 0.5) is 0 Å². The summed E-state index contributed by atoms with van der Waals surface area (Å²) in [6, 6.07) is 4.91. The molecular weight excluding hydrogens is 308 g/mol. The molecule has 22 heavy (non-hydrogen) atoms. The molecule has 1 aliphatic rings. The minimum absolute atomic E-state index is 0.180. The molecule has 0 aliphatic carbocycles. The number of cyclic esters (lactones) is 1. The van der Waals surface area contributed by atoms with Crippen molar-refractivity contribution in [2.24, 2.45) is 5.92 Å². The number of rotatable bonds is 4. The Bertz CT molecular complexity index is 702. The maximum absolute atomic E-state index is 12.1. The summed E-state index contributed by atoms with van der Waals surface area (Å²) in [7, 11) is 1.48. The molecule has 0 spiro atoms. The third-order valence-electron chi connectivity index (χ3n) is 3.03. The molecule has 0 fully saturated rings. The summed E-state index contributed by atoms with van der Waals surface area (Å²) < 4.78 is 9.95. The van der Waals surface area contributed by atoms with E-state index in [9.17, 15) is 14.4 Å². The van der Waals surface area contributed by atoms with Crippen molar-refractivity contribution >= 4 is 35.2 Å². The smallest absolute Gasteiger partial charge is 0.329 e. The topological polar surface area (TPSA) is 69.7 Å². The van der Waals surface area contributed by atoms with Gasteiger partial charge in [-0.3, -0.25) is 14.4 Å². The Morgan fingerprint density at radius 3 is 2.73 bits per heavy atom. The van der Waals surface area contributed by atoms with Crippen LogP contribution in [0, 0.1) is 5.92 Å². The summed E-state index contributed by atoms with van der Waals surface area (Å²) in [5, 5.41) is 0.472. The van der Waals surface area contributed by atoms with E-state index in [1.165, 1.54) is 20.1 Å². The second-order valence-corrected chi connectivity index (χ2v) is 5.07. The van der Waals surface area contributed by atoms with Gasteiger partial charge >= 0.3 is 5.97 Å². The Kier molecular flexibility index (Phi) is 4.78. The first-order valence-corrected chi connectivity index (χ1v) is 6.79. The second-order valence-electron chi connectivity index (χ2n) is 4.63. The van der Waals surface area contributed by atoms with E-state index in [1.54, 1.807) is 18.2 Å². The Hall–Kier alpha value is -2.40. The summed E-state index contributed by atoms with van der Waals surface area (Å²) in [5.74, 6) is -2.86. The van der Waals surface area contributed by atoms with Crippen LogP contribution in [0.5, 0.6) is 5.75 Å². The van der Waals surface area contributed by atoms with Crippen LogP contribution >= 0.6 is 11.6 Å². The Morgan fingerprint density at radius 1 is 1.36 bits per heavy atom. The van der Waals surface area contributed by atoms with Crippen molar-refractivity contribution in [3.63, 3.8) is 0 Å². The lowest BCUT2D eigenvalue weighted by Crippen LogP contribution is -2.34. The third kappa shape index (κ3) is 3.43. The lowest BCUT2D eigenvalue weighted by molar-refractivity contribution is -0.151. The Labute approximate surface area is 132 Å². The van der Waals surface area contributed by atoms with Crippen LogP contribution in [0.3, 0.4) is 0 Å². The van der Waals surface area contributed by atoms with Gasteiger partial charge < -0.3 is 9.47 Å². The van der Waals surface area contributed by atoms with Gasteiger partial charge in [0.25, 0.3) is 0 Å². The molecule has 1 aromatic carbocycles. The molecule has 114 valence electrons. The first-order chi connectivity index (χ1) is 10.4. The van der Waals surface area contributed by atoms with E-state index in [2.05, 4.69) is 0 Å². The van der Waals surface area contributed by atoms with E-state index in [4.69, 9.17) is 21.1 Å². The second kappa shape index (κ2) is 6.58. The fourth-order valence-electron chi connectivity index (χ4n) is 2.01. The van der Waals surface area contributed by atoms with E-state index in [-0.39, 0.29) is 5.76 Å². The molecule has 0 saturated carbocycles. The molecule has 0 amide bonds. The standard InChI is InChI=1S/C16H13ClO5/c1-9-7-13(19)15(16(20)22-9)12(18)5-3-10-8-11(17)4-6-14(10)21-2/h3-8,15H,1-2H3/b5-3-/t15-/m0/s1. The van der Waals surface area contributed by atoms with Crippen molar-refractivity contribution in [3.8, 4) is 5.75 Å². The predicted molar refractivity (Wildman–Crippen MR) is 80.4 cm³/mol. The van der Waals surface area contributed by atoms with Gasteiger partial charge in [0.05, 0.1) is 7.11 Å². The fourth-order valence-corrected chi connectivity index (χ4v) is 2.19. The number of benzene rings is 1. The van der Waals surface area contributed by atoms with Gasteiger partial charge in [-0.05, 0) is 37.3 Å². The highest BCUT2D eigenvalue weighted by Crippen LogP contribution is 2.24. The summed E-state index contributed by atoms with van der Waals surface area (Å²) in [5.41, 5.74) is 0.562. The van der Waals surface area contributed by atoms with E-state index >= 15 is 0 Å². The predicted octanol–water partition coefficient (Wildman–Crippen LogP) is 2.58. The SMILES string of the molecule is COc1ccc(Cl)cc1/C=C\C(=O)[C@H]1C(=O)C=C(C)OC1=O. The van der Waals surface area contributed by atoms with Gasteiger partial charge in [0.1, 0.15) is 11.5 Å². The Morgan fingerprint density at radius 2 is 2.09 bits per heavy atom. The van der Waals surface area contributed by atoms with Crippen molar-refractivity contribution in [1.29, 1.82) is 0 Å². The zero-order valence-electron chi connectivity index (χ0n) is 12.0. The number of carbonyl (C=O) groups excluding carboxylic acids is 3. The van der Waals surface area contributed by atoms with Crippen LogP contribution in [0.15, 0.2) is 36.1 Å². The summed E-state index contributed by atoms with van der Waals surface area (Å²) >= 11 is 5.89. The number of ether oxygens (including phenoxy) is 2. The highest BCUT2D eigenvalue weighted by atomic mass is 35.5. The quantitative estimate of drug-likeness (QED) is 0.484. The van der Waals surface area contributed by atoms with E-state index < -0.39 is 23.5 Å². The Balaban J connectivity index is 2.24. The van der Waals surface area contributed by atoms with Crippen molar-refractivity contribution in [2.45, 2.75) is 6.92 Å². The molecule has 5 nitrogen and oxygen atoms in total. The van der Waals surface area contributed by atoms with E-state index in [0.29, 0.717) is 16.3 Å². The number of allylic oxidation sites excluding steroid dienone is 3. The molecule has 1 aliphatic heterocycles. The minimum Gasteiger partial charge on any atom is -0.496 e. The van der Waals surface area contributed by atoms with E-state index in [0.717, 1.165) is 12.2 Å². The van der Waals surface area contributed by atoms with Crippen LogP contribution in [-0.4, -0.2) is 24.6 Å². The molecule has 0 N–H and O–H groups in total. The molecule has 2 rings (SSSR count). The van der Waals surface area contributed by atoms with Crippen LogP contribution in [-0.2, 0) is 19.1 Å². The van der Waals surface area contributed by atoms with Crippen molar-refractivity contribution in [1.82, 2.24) is 0 Å². The molecule has 0 aromatic heterocycles. The third-order valence-corrected chi connectivity index (χ3v) is 3.27. The summed E-state index contributed by atoms with van der Waals surface area (Å²) in [6.45, 7) is 1.48. The number of hydrogen-bond donors (Lipinski definition) is 0. The number of carbonyl (C=O) groups is 3. The first kappa shape index (κ1) is 16.0. The summed E-state index contributed by atoms with van der Waals surface area (Å²) in [4.78, 5) is 35.5. The molecule has 1 aromatic rings. The van der Waals surface area contributed by atoms with Crippen LogP contribution in [0.25, 0.3) is 6.08 Å². The highest BCUT2D eigenvalue weighted by molar-refractivity contribution is 6.30. The molecule has 0 saturated heterocycles. The number of esters is 1. The molecule has 6 heteroatoms. The van der Waals surface area contributed by atoms with Gasteiger partial charge in [-0.2, -0.15) is 0 Å². The maximum Gasteiger partial charge on any atom is 0.329 e. The number of halogens is 1. The van der Waals surface area contributed by atoms with Gasteiger partial charge in [-0.1, -0.05) is 11.6 Å². The number of hydrogen-bond acceptors (Lipinski definition) is 5. The highest BCUT2D eigenvalue weighted by Gasteiger charge is 2.36. The van der Waals surface area contributed by atoms with Gasteiger partial charge in [0.15, 0.2) is 17.5 Å². The minimum atomic E-state index is -1.45. The largest absolute Gasteiger partial charge is 0.496 e. The van der Waals surface area contributed by atoms with Gasteiger partial charge in [0.2, 0.25) is 0 Å². The molecular formula is C16H13ClO5.